The Hall–Kier alpha value is -4.73. The molecule has 3 nitrogen and oxygen atoms in total. The third kappa shape index (κ3) is 8.89. The number of esters is 1. The van der Waals surface area contributed by atoms with Crippen molar-refractivity contribution < 1.29 is 14.3 Å². The standard InChI is InChI=1S/C38H36O3/c1-4-7-9-30-12-18-34(33(5-2)26-30)19-13-32-15-21-35-27-31(14-20-36(35)28-32)11-10-29-16-22-37(23-17-29)40-24-8-25-41-38(39)6-3/h6,12,14-18,20-23,26-28H,3-5,7-9,24-25H2,1-2H3. The topological polar surface area (TPSA) is 35.5 Å². The van der Waals surface area contributed by atoms with Gasteiger partial charge in [0, 0.05) is 34.8 Å². The van der Waals surface area contributed by atoms with Crippen LogP contribution >= 0.6 is 0 Å². The summed E-state index contributed by atoms with van der Waals surface area (Å²) >= 11 is 0. The molecule has 0 saturated carbocycles. The minimum absolute atomic E-state index is 0.308. The summed E-state index contributed by atoms with van der Waals surface area (Å²) < 4.78 is 10.6. The first-order chi connectivity index (χ1) is 20.1. The lowest BCUT2D eigenvalue weighted by atomic mass is 9.99. The van der Waals surface area contributed by atoms with Gasteiger partial charge in [-0.2, -0.15) is 0 Å². The van der Waals surface area contributed by atoms with Gasteiger partial charge >= 0.3 is 5.97 Å². The number of carbonyl (C=O) groups is 1. The first kappa shape index (κ1) is 29.3. The van der Waals surface area contributed by atoms with Crippen molar-refractivity contribution in [2.75, 3.05) is 13.2 Å². The van der Waals surface area contributed by atoms with Gasteiger partial charge in [-0.25, -0.2) is 4.79 Å². The van der Waals surface area contributed by atoms with Crippen molar-refractivity contribution in [3.63, 3.8) is 0 Å². The number of hydrogen-bond donors (Lipinski definition) is 0. The third-order valence-corrected chi connectivity index (χ3v) is 6.73. The molecule has 0 amide bonds. The summed E-state index contributed by atoms with van der Waals surface area (Å²) in [6.45, 7) is 8.57. The van der Waals surface area contributed by atoms with E-state index in [1.807, 2.05) is 30.3 Å². The molecule has 206 valence electrons. The lowest BCUT2D eigenvalue weighted by Gasteiger charge is -2.06. The number of ether oxygens (including phenoxy) is 2. The van der Waals surface area contributed by atoms with E-state index in [2.05, 4.69) is 92.6 Å². The minimum Gasteiger partial charge on any atom is -0.493 e. The van der Waals surface area contributed by atoms with Crippen molar-refractivity contribution in [3.05, 3.63) is 125 Å². The molecule has 0 atom stereocenters. The van der Waals surface area contributed by atoms with Gasteiger partial charge in [0.2, 0.25) is 0 Å². The highest BCUT2D eigenvalue weighted by Gasteiger charge is 2.02. The van der Waals surface area contributed by atoms with Crippen molar-refractivity contribution in [2.24, 2.45) is 0 Å². The summed E-state index contributed by atoms with van der Waals surface area (Å²) in [4.78, 5) is 11.0. The smallest absolute Gasteiger partial charge is 0.330 e. The van der Waals surface area contributed by atoms with Crippen LogP contribution in [0.4, 0.5) is 0 Å². The van der Waals surface area contributed by atoms with Crippen LogP contribution in [0.5, 0.6) is 5.75 Å². The summed E-state index contributed by atoms with van der Waals surface area (Å²) in [5.41, 5.74) is 6.72. The highest BCUT2D eigenvalue weighted by atomic mass is 16.5. The number of fused-ring (bicyclic) bond motifs is 1. The van der Waals surface area contributed by atoms with Crippen molar-refractivity contribution >= 4 is 16.7 Å². The Labute approximate surface area is 244 Å². The Morgan fingerprint density at radius 2 is 1.41 bits per heavy atom. The number of aryl methyl sites for hydroxylation is 2. The van der Waals surface area contributed by atoms with E-state index in [0.717, 1.165) is 57.7 Å². The van der Waals surface area contributed by atoms with Crippen LogP contribution in [0.3, 0.4) is 0 Å². The first-order valence-corrected chi connectivity index (χ1v) is 14.3. The van der Waals surface area contributed by atoms with E-state index in [4.69, 9.17) is 9.47 Å². The van der Waals surface area contributed by atoms with Crippen LogP contribution in [0.2, 0.25) is 0 Å². The molecule has 0 saturated heterocycles. The van der Waals surface area contributed by atoms with Crippen molar-refractivity contribution in [3.8, 4) is 29.4 Å². The Bertz CT molecular complexity index is 1620. The molecule has 0 aliphatic heterocycles. The predicted molar refractivity (Wildman–Crippen MR) is 168 cm³/mol. The molecule has 0 aliphatic carbocycles. The van der Waals surface area contributed by atoms with Crippen LogP contribution < -0.4 is 4.74 Å². The van der Waals surface area contributed by atoms with Gasteiger partial charge in [-0.15, -0.1) is 0 Å². The van der Waals surface area contributed by atoms with Gasteiger partial charge in [0.05, 0.1) is 13.2 Å². The Balaban J connectivity index is 1.37. The largest absolute Gasteiger partial charge is 0.493 e. The molecule has 41 heavy (non-hydrogen) atoms. The molecule has 0 radical (unpaired) electrons. The molecule has 0 bridgehead atoms. The lowest BCUT2D eigenvalue weighted by Crippen LogP contribution is -2.06. The van der Waals surface area contributed by atoms with E-state index in [0.29, 0.717) is 19.6 Å². The second-order valence-corrected chi connectivity index (χ2v) is 9.82. The van der Waals surface area contributed by atoms with E-state index >= 15 is 0 Å². The lowest BCUT2D eigenvalue weighted by molar-refractivity contribution is -0.137. The maximum atomic E-state index is 11.0. The Kier molecular flexibility index (Phi) is 10.8. The molecule has 0 fully saturated rings. The number of hydrogen-bond acceptors (Lipinski definition) is 3. The van der Waals surface area contributed by atoms with Gasteiger partial charge in [0.25, 0.3) is 0 Å². The Morgan fingerprint density at radius 3 is 2.07 bits per heavy atom. The van der Waals surface area contributed by atoms with Crippen LogP contribution in [-0.2, 0) is 22.4 Å². The number of rotatable bonds is 10. The molecule has 0 N–H and O–H groups in total. The van der Waals surface area contributed by atoms with Crippen LogP contribution in [0, 0.1) is 23.7 Å². The van der Waals surface area contributed by atoms with Crippen LogP contribution in [-0.4, -0.2) is 19.2 Å². The normalized spacial score (nSPS) is 10.2. The van der Waals surface area contributed by atoms with Crippen LogP contribution in [0.1, 0.15) is 66.5 Å². The van der Waals surface area contributed by atoms with Crippen molar-refractivity contribution in [1.29, 1.82) is 0 Å². The van der Waals surface area contributed by atoms with E-state index < -0.39 is 5.97 Å². The molecular weight excluding hydrogens is 504 g/mol. The van der Waals surface area contributed by atoms with Crippen molar-refractivity contribution in [2.45, 2.75) is 46.0 Å². The fraction of sp³-hybridized carbons (Fsp3) is 0.237. The third-order valence-electron chi connectivity index (χ3n) is 6.73. The maximum Gasteiger partial charge on any atom is 0.330 e. The second-order valence-electron chi connectivity index (χ2n) is 9.82. The van der Waals surface area contributed by atoms with E-state index in [-0.39, 0.29) is 0 Å². The molecule has 3 heteroatoms. The zero-order valence-electron chi connectivity index (χ0n) is 24.0. The second kappa shape index (κ2) is 15.2. The molecule has 0 heterocycles. The summed E-state index contributed by atoms with van der Waals surface area (Å²) in [5, 5.41) is 2.29. The molecular formula is C38H36O3. The maximum absolute atomic E-state index is 11.0. The van der Waals surface area contributed by atoms with E-state index in [1.165, 1.54) is 24.0 Å². The predicted octanol–water partition coefficient (Wildman–Crippen LogP) is 8.04. The summed E-state index contributed by atoms with van der Waals surface area (Å²) in [6, 6.07) is 27.0. The fourth-order valence-corrected chi connectivity index (χ4v) is 4.40. The van der Waals surface area contributed by atoms with E-state index in [1.54, 1.807) is 0 Å². The average molecular weight is 541 g/mol. The molecule has 0 aliphatic rings. The molecule has 4 rings (SSSR count). The first-order valence-electron chi connectivity index (χ1n) is 14.3. The zero-order chi connectivity index (χ0) is 28.9. The summed E-state index contributed by atoms with van der Waals surface area (Å²) in [6.07, 6.45) is 6.33. The van der Waals surface area contributed by atoms with E-state index in [9.17, 15) is 4.79 Å². The Morgan fingerprint density at radius 1 is 0.756 bits per heavy atom. The number of unbranched alkanes of at least 4 members (excludes halogenated alkanes) is 1. The molecule has 4 aromatic rings. The van der Waals surface area contributed by atoms with Gasteiger partial charge in [0.1, 0.15) is 5.75 Å². The van der Waals surface area contributed by atoms with Gasteiger partial charge in [0.15, 0.2) is 0 Å². The highest BCUT2D eigenvalue weighted by Crippen LogP contribution is 2.19. The SMILES string of the molecule is C=CC(=O)OCCCOc1ccc(C#Cc2ccc3cc(C#Cc4ccc(CCCC)cc4CC)ccc3c2)cc1. The van der Waals surface area contributed by atoms with Crippen LogP contribution in [0.25, 0.3) is 10.8 Å². The zero-order valence-corrected chi connectivity index (χ0v) is 24.0. The molecule has 4 aromatic carbocycles. The van der Waals surface area contributed by atoms with Crippen molar-refractivity contribution in [1.82, 2.24) is 0 Å². The van der Waals surface area contributed by atoms with Gasteiger partial charge < -0.3 is 9.47 Å². The van der Waals surface area contributed by atoms with Gasteiger partial charge in [-0.1, -0.05) is 74.8 Å². The molecule has 0 aromatic heterocycles. The van der Waals surface area contributed by atoms with Gasteiger partial charge in [-0.3, -0.25) is 0 Å². The van der Waals surface area contributed by atoms with Crippen LogP contribution in [0.15, 0.2) is 91.5 Å². The molecule has 0 unspecified atom stereocenters. The average Bonchev–Trinajstić information content (AvgIpc) is 3.02. The van der Waals surface area contributed by atoms with Gasteiger partial charge in [-0.05, 0) is 95.8 Å². The summed E-state index contributed by atoms with van der Waals surface area (Å²) in [5.74, 6) is 13.6. The highest BCUT2D eigenvalue weighted by molar-refractivity contribution is 5.85. The monoisotopic (exact) mass is 540 g/mol. The molecule has 0 spiro atoms. The number of carbonyl (C=O) groups excluding carboxylic acids is 1. The summed E-state index contributed by atoms with van der Waals surface area (Å²) in [7, 11) is 0. The quantitative estimate of drug-likeness (QED) is 0.0884. The fourth-order valence-electron chi connectivity index (χ4n) is 4.40. The number of benzene rings is 4. The minimum atomic E-state index is -0.418.